The number of benzene rings is 1. The van der Waals surface area contributed by atoms with E-state index in [1.54, 1.807) is 12.4 Å². The Hall–Kier alpha value is -1.97. The van der Waals surface area contributed by atoms with E-state index in [4.69, 9.17) is 4.74 Å². The van der Waals surface area contributed by atoms with Gasteiger partial charge < -0.3 is 4.74 Å². The van der Waals surface area contributed by atoms with Gasteiger partial charge in [0.1, 0.15) is 12.8 Å². The first-order chi connectivity index (χ1) is 15.6. The van der Waals surface area contributed by atoms with E-state index in [9.17, 15) is 4.39 Å². The van der Waals surface area contributed by atoms with E-state index in [1.165, 1.54) is 56.9 Å². The van der Waals surface area contributed by atoms with Gasteiger partial charge in [0.15, 0.2) is 11.6 Å². The lowest BCUT2D eigenvalue weighted by Crippen LogP contribution is -2.14. The van der Waals surface area contributed by atoms with E-state index in [0.717, 1.165) is 24.8 Å². The monoisotopic (exact) mass is 442 g/mol. The van der Waals surface area contributed by atoms with Gasteiger partial charge in [0.25, 0.3) is 0 Å². The summed E-state index contributed by atoms with van der Waals surface area (Å²) in [6.45, 7) is 6.62. The van der Waals surface area contributed by atoms with Crippen LogP contribution in [0.2, 0.25) is 0 Å². The molecule has 32 heavy (non-hydrogen) atoms. The fraction of sp³-hybridized carbons (Fsp3) is 0.643. The minimum absolute atomic E-state index is 0.0621. The molecule has 2 rings (SSSR count). The minimum atomic E-state index is -0.947. The average Bonchev–Trinajstić information content (AvgIpc) is 2.83. The van der Waals surface area contributed by atoms with E-state index >= 15 is 0 Å². The third-order valence-electron chi connectivity index (χ3n) is 6.26. The summed E-state index contributed by atoms with van der Waals surface area (Å²) >= 11 is 0. The lowest BCUT2D eigenvalue weighted by molar-refractivity contribution is 0.178. The molecule has 0 amide bonds. The molecule has 1 heterocycles. The molecule has 178 valence electrons. The minimum Gasteiger partial charge on any atom is -0.487 e. The van der Waals surface area contributed by atoms with Crippen LogP contribution >= 0.6 is 0 Å². The predicted octanol–water partition coefficient (Wildman–Crippen LogP) is 8.37. The number of ether oxygens (including phenoxy) is 1. The van der Waals surface area contributed by atoms with Crippen molar-refractivity contribution >= 4 is 0 Å². The van der Waals surface area contributed by atoms with E-state index in [-0.39, 0.29) is 6.61 Å². The highest BCUT2D eigenvalue weighted by Crippen LogP contribution is 2.20. The molecule has 3 nitrogen and oxygen atoms in total. The number of rotatable bonds is 17. The van der Waals surface area contributed by atoms with Gasteiger partial charge in [-0.15, -0.1) is 0 Å². The summed E-state index contributed by atoms with van der Waals surface area (Å²) in [5, 5.41) is 0. The molecule has 0 aliphatic heterocycles. The average molecular weight is 443 g/mol. The summed E-state index contributed by atoms with van der Waals surface area (Å²) in [4.78, 5) is 8.81. The van der Waals surface area contributed by atoms with Gasteiger partial charge >= 0.3 is 0 Å². The van der Waals surface area contributed by atoms with Gasteiger partial charge in [-0.05, 0) is 37.2 Å². The highest BCUT2D eigenvalue weighted by atomic mass is 19.1. The third kappa shape index (κ3) is 10.6. The van der Waals surface area contributed by atoms with Gasteiger partial charge in [0.2, 0.25) is 0 Å². The molecule has 0 unspecified atom stereocenters. The predicted molar refractivity (Wildman–Crippen MR) is 133 cm³/mol. The van der Waals surface area contributed by atoms with Crippen LogP contribution in [-0.4, -0.2) is 22.7 Å². The molecule has 0 saturated carbocycles. The largest absolute Gasteiger partial charge is 0.487 e. The van der Waals surface area contributed by atoms with Crippen molar-refractivity contribution < 1.29 is 9.13 Å². The van der Waals surface area contributed by atoms with Gasteiger partial charge in [0.05, 0.1) is 12.4 Å². The molecule has 0 saturated heterocycles. The Morgan fingerprint density at radius 3 is 2.09 bits per heavy atom. The van der Waals surface area contributed by atoms with Crippen molar-refractivity contribution in [1.82, 2.24) is 9.97 Å². The van der Waals surface area contributed by atoms with Crippen molar-refractivity contribution in [1.29, 1.82) is 0 Å². The van der Waals surface area contributed by atoms with Crippen molar-refractivity contribution in [3.05, 3.63) is 42.2 Å². The molecule has 2 atom stereocenters. The molecule has 1 aromatic heterocycles. The molecule has 1 aromatic carbocycles. The Morgan fingerprint density at radius 1 is 0.844 bits per heavy atom. The summed E-state index contributed by atoms with van der Waals surface area (Å²) in [7, 11) is 0. The number of aryl methyl sites for hydroxylation is 1. The Balaban J connectivity index is 1.69. The number of halogens is 1. The normalized spacial score (nSPS) is 13.1. The second-order valence-electron chi connectivity index (χ2n) is 9.16. The van der Waals surface area contributed by atoms with Crippen LogP contribution in [-0.2, 0) is 6.42 Å². The molecule has 0 radical (unpaired) electrons. The molecular weight excluding hydrogens is 399 g/mol. The molecule has 0 aliphatic rings. The van der Waals surface area contributed by atoms with Crippen molar-refractivity contribution in [3.8, 4) is 17.1 Å². The second kappa shape index (κ2) is 15.8. The molecule has 0 bridgehead atoms. The van der Waals surface area contributed by atoms with Crippen molar-refractivity contribution in [2.75, 3.05) is 6.61 Å². The Kier molecular flexibility index (Phi) is 13.0. The Morgan fingerprint density at radius 2 is 1.47 bits per heavy atom. The van der Waals surface area contributed by atoms with Gasteiger partial charge in [-0.2, -0.15) is 0 Å². The van der Waals surface area contributed by atoms with Crippen LogP contribution in [0.4, 0.5) is 4.39 Å². The topological polar surface area (TPSA) is 35.0 Å². The molecule has 2 aromatic rings. The zero-order valence-corrected chi connectivity index (χ0v) is 20.5. The lowest BCUT2D eigenvalue weighted by atomic mass is 10.0. The quantitative estimate of drug-likeness (QED) is 0.231. The Bertz CT molecular complexity index is 717. The number of unbranched alkanes of at least 4 members (excludes halogenated alkanes) is 7. The number of hydrogen-bond donors (Lipinski definition) is 0. The van der Waals surface area contributed by atoms with E-state index in [0.29, 0.717) is 23.9 Å². The fourth-order valence-electron chi connectivity index (χ4n) is 3.76. The summed E-state index contributed by atoms with van der Waals surface area (Å²) in [6, 6.07) is 8.52. The molecular formula is C28H43FN2O. The van der Waals surface area contributed by atoms with Crippen LogP contribution < -0.4 is 4.74 Å². The summed E-state index contributed by atoms with van der Waals surface area (Å²) in [5.74, 6) is 1.75. The maximum atomic E-state index is 14.0. The number of nitrogens with zero attached hydrogens (tertiary/aromatic N) is 2. The van der Waals surface area contributed by atoms with Crippen molar-refractivity contribution in [2.24, 2.45) is 5.92 Å². The zero-order valence-electron chi connectivity index (χ0n) is 20.5. The standard InChI is InChI=1S/C28H43FN2O/c1-4-6-7-8-9-10-11-12-13-24-15-17-25(18-16-24)28-30-20-27(21-31-28)32-22-26(29)19-14-23(3)5-2/h15-18,20-21,23,26H,4-14,19,22H2,1-3H3/t23-,26-/m0/s1. The third-order valence-corrected chi connectivity index (χ3v) is 6.26. The SMILES string of the molecule is CCCCCCCCCCc1ccc(-c2ncc(OC[C@@H](F)CC[C@@H](C)CC)cn2)cc1. The summed E-state index contributed by atoms with van der Waals surface area (Å²) < 4.78 is 19.5. The van der Waals surface area contributed by atoms with Crippen molar-refractivity contribution in [2.45, 2.75) is 104 Å². The maximum absolute atomic E-state index is 14.0. The van der Waals surface area contributed by atoms with Gasteiger partial charge in [-0.3, -0.25) is 0 Å². The maximum Gasteiger partial charge on any atom is 0.159 e. The van der Waals surface area contributed by atoms with Crippen LogP contribution in [0.3, 0.4) is 0 Å². The number of hydrogen-bond acceptors (Lipinski definition) is 3. The van der Waals surface area contributed by atoms with Crippen molar-refractivity contribution in [3.63, 3.8) is 0 Å². The first-order valence-electron chi connectivity index (χ1n) is 12.8. The zero-order chi connectivity index (χ0) is 23.0. The van der Waals surface area contributed by atoms with Crippen LogP contribution in [0, 0.1) is 5.92 Å². The molecule has 4 heteroatoms. The van der Waals surface area contributed by atoms with Gasteiger partial charge in [-0.25, -0.2) is 14.4 Å². The van der Waals surface area contributed by atoms with Crippen LogP contribution in [0.25, 0.3) is 11.4 Å². The van der Waals surface area contributed by atoms with Crippen LogP contribution in [0.1, 0.15) is 97.0 Å². The summed E-state index contributed by atoms with van der Waals surface area (Å²) in [6.07, 6.45) is 16.7. The van der Waals surface area contributed by atoms with E-state index < -0.39 is 6.17 Å². The summed E-state index contributed by atoms with van der Waals surface area (Å²) in [5.41, 5.74) is 2.36. The molecule has 0 spiro atoms. The number of aromatic nitrogens is 2. The fourth-order valence-corrected chi connectivity index (χ4v) is 3.76. The van der Waals surface area contributed by atoms with Gasteiger partial charge in [-0.1, -0.05) is 96.4 Å². The number of alkyl halides is 1. The first kappa shape index (κ1) is 26.3. The lowest BCUT2D eigenvalue weighted by Gasteiger charge is -2.12. The highest BCUT2D eigenvalue weighted by Gasteiger charge is 2.10. The molecule has 0 aliphatic carbocycles. The molecule has 0 N–H and O–H groups in total. The smallest absolute Gasteiger partial charge is 0.159 e. The second-order valence-corrected chi connectivity index (χ2v) is 9.16. The Labute approximate surface area is 195 Å². The first-order valence-corrected chi connectivity index (χ1v) is 12.8. The van der Waals surface area contributed by atoms with Gasteiger partial charge in [0, 0.05) is 5.56 Å². The van der Waals surface area contributed by atoms with E-state index in [2.05, 4.69) is 55.0 Å². The van der Waals surface area contributed by atoms with Crippen LogP contribution in [0.5, 0.6) is 5.75 Å². The van der Waals surface area contributed by atoms with Crippen LogP contribution in [0.15, 0.2) is 36.7 Å². The molecule has 0 fully saturated rings. The van der Waals surface area contributed by atoms with E-state index in [1.807, 2.05) is 0 Å². The highest BCUT2D eigenvalue weighted by molar-refractivity contribution is 5.55.